The van der Waals surface area contributed by atoms with E-state index in [2.05, 4.69) is 10.2 Å². The first-order valence-electron chi connectivity index (χ1n) is 9.35. The molecule has 2 aliphatic heterocycles. The van der Waals surface area contributed by atoms with Gasteiger partial charge in [0.25, 0.3) is 5.91 Å². The fraction of sp³-hybridized carbons (Fsp3) is 0.526. The molecule has 1 aromatic rings. The number of benzene rings is 1. The highest BCUT2D eigenvalue weighted by Gasteiger charge is 2.30. The smallest absolute Gasteiger partial charge is 0.251 e. The maximum absolute atomic E-state index is 12.3. The third-order valence-electron chi connectivity index (χ3n) is 5.00. The highest BCUT2D eigenvalue weighted by Crippen LogP contribution is 2.16. The lowest BCUT2D eigenvalue weighted by atomic mass is 10.2. The van der Waals surface area contributed by atoms with E-state index in [4.69, 9.17) is 10.5 Å². The predicted molar refractivity (Wildman–Crippen MR) is 100 cm³/mol. The molecule has 1 atom stereocenters. The predicted octanol–water partition coefficient (Wildman–Crippen LogP) is 0.437. The minimum absolute atomic E-state index is 0.0836. The Morgan fingerprint density at radius 2 is 1.81 bits per heavy atom. The monoisotopic (exact) mass is 374 g/mol. The molecule has 8 heteroatoms. The molecule has 3 amide bonds. The van der Waals surface area contributed by atoms with Crippen molar-refractivity contribution >= 4 is 23.4 Å². The number of nitrogens with zero attached hydrogens (tertiary/aromatic N) is 2. The van der Waals surface area contributed by atoms with Crippen molar-refractivity contribution in [3.05, 3.63) is 29.8 Å². The molecule has 0 saturated carbocycles. The SMILES string of the molecule is NC(=O)c1ccc(NC(=O)CCN2CCN(C(=O)[C@@H]3CCCO3)CC2)cc1. The molecule has 2 aliphatic rings. The molecule has 2 fully saturated rings. The lowest BCUT2D eigenvalue weighted by Gasteiger charge is -2.35. The van der Waals surface area contributed by atoms with Crippen LogP contribution in [0.3, 0.4) is 0 Å². The van der Waals surface area contributed by atoms with Gasteiger partial charge in [0.05, 0.1) is 0 Å². The Labute approximate surface area is 158 Å². The molecule has 8 nitrogen and oxygen atoms in total. The van der Waals surface area contributed by atoms with Crippen LogP contribution < -0.4 is 11.1 Å². The molecule has 146 valence electrons. The summed E-state index contributed by atoms with van der Waals surface area (Å²) in [5, 5.41) is 2.81. The van der Waals surface area contributed by atoms with E-state index in [1.54, 1.807) is 24.3 Å². The fourth-order valence-electron chi connectivity index (χ4n) is 3.37. The van der Waals surface area contributed by atoms with E-state index >= 15 is 0 Å². The van der Waals surface area contributed by atoms with Gasteiger partial charge in [-0.05, 0) is 37.1 Å². The van der Waals surface area contributed by atoms with Gasteiger partial charge in [0.15, 0.2) is 0 Å². The quantitative estimate of drug-likeness (QED) is 0.752. The summed E-state index contributed by atoms with van der Waals surface area (Å²) in [6, 6.07) is 6.49. The van der Waals surface area contributed by atoms with E-state index in [0.29, 0.717) is 43.9 Å². The Hall–Kier alpha value is -2.45. The zero-order chi connectivity index (χ0) is 19.2. The lowest BCUT2D eigenvalue weighted by molar-refractivity contribution is -0.142. The number of carbonyl (C=O) groups is 3. The molecule has 2 saturated heterocycles. The summed E-state index contributed by atoms with van der Waals surface area (Å²) in [5.41, 5.74) is 6.24. The number of piperazine rings is 1. The average molecular weight is 374 g/mol. The maximum Gasteiger partial charge on any atom is 0.251 e. The number of nitrogens with two attached hydrogens (primary N) is 1. The number of primary amides is 1. The van der Waals surface area contributed by atoms with E-state index in [9.17, 15) is 14.4 Å². The number of nitrogens with one attached hydrogen (secondary N) is 1. The van der Waals surface area contributed by atoms with Crippen LogP contribution in [0.1, 0.15) is 29.6 Å². The third kappa shape index (κ3) is 5.27. The van der Waals surface area contributed by atoms with Gasteiger partial charge in [0.1, 0.15) is 6.10 Å². The van der Waals surface area contributed by atoms with Gasteiger partial charge in [0.2, 0.25) is 11.8 Å². The minimum Gasteiger partial charge on any atom is -0.368 e. The molecule has 3 rings (SSSR count). The number of hydrogen-bond acceptors (Lipinski definition) is 5. The first-order valence-corrected chi connectivity index (χ1v) is 9.35. The van der Waals surface area contributed by atoms with Crippen molar-refractivity contribution in [1.82, 2.24) is 9.80 Å². The summed E-state index contributed by atoms with van der Waals surface area (Å²) >= 11 is 0. The minimum atomic E-state index is -0.495. The molecule has 27 heavy (non-hydrogen) atoms. The number of ether oxygens (including phenoxy) is 1. The molecule has 0 spiro atoms. The summed E-state index contributed by atoms with van der Waals surface area (Å²) in [5.74, 6) is -0.478. The molecule has 0 bridgehead atoms. The second-order valence-corrected chi connectivity index (χ2v) is 6.91. The van der Waals surface area contributed by atoms with E-state index in [1.165, 1.54) is 0 Å². The maximum atomic E-state index is 12.3. The molecule has 1 aromatic carbocycles. The summed E-state index contributed by atoms with van der Waals surface area (Å²) in [6.45, 7) is 4.20. The van der Waals surface area contributed by atoms with Gasteiger partial charge in [0, 0.05) is 57.0 Å². The zero-order valence-corrected chi connectivity index (χ0v) is 15.4. The third-order valence-corrected chi connectivity index (χ3v) is 5.00. The second-order valence-electron chi connectivity index (χ2n) is 6.91. The summed E-state index contributed by atoms with van der Waals surface area (Å²) in [4.78, 5) is 39.5. The number of carbonyl (C=O) groups excluding carboxylic acids is 3. The molecule has 0 radical (unpaired) electrons. The Morgan fingerprint density at radius 1 is 1.11 bits per heavy atom. The number of hydrogen-bond donors (Lipinski definition) is 2. The van der Waals surface area contributed by atoms with E-state index < -0.39 is 5.91 Å². The fourth-order valence-corrected chi connectivity index (χ4v) is 3.37. The van der Waals surface area contributed by atoms with Gasteiger partial charge >= 0.3 is 0 Å². The first-order chi connectivity index (χ1) is 13.0. The van der Waals surface area contributed by atoms with Crippen molar-refractivity contribution in [1.29, 1.82) is 0 Å². The van der Waals surface area contributed by atoms with Crippen molar-refractivity contribution in [3.63, 3.8) is 0 Å². The molecule has 3 N–H and O–H groups in total. The largest absolute Gasteiger partial charge is 0.368 e. The van der Waals surface area contributed by atoms with Gasteiger partial charge < -0.3 is 20.7 Å². The Bertz CT molecular complexity index is 677. The normalized spacial score (nSPS) is 20.4. The van der Waals surface area contributed by atoms with Crippen LogP contribution in [0.5, 0.6) is 0 Å². The van der Waals surface area contributed by atoms with E-state index in [1.807, 2.05) is 4.90 Å². The molecular weight excluding hydrogens is 348 g/mol. The molecule has 0 aliphatic carbocycles. The number of amides is 3. The van der Waals surface area contributed by atoms with Crippen LogP contribution in [-0.4, -0.2) is 73.0 Å². The second kappa shape index (κ2) is 8.96. The number of anilines is 1. The molecule has 2 heterocycles. The van der Waals surface area contributed by atoms with Crippen molar-refractivity contribution in [2.75, 3.05) is 44.6 Å². The van der Waals surface area contributed by atoms with Gasteiger partial charge in [-0.15, -0.1) is 0 Å². The Morgan fingerprint density at radius 3 is 2.41 bits per heavy atom. The van der Waals surface area contributed by atoms with Crippen LogP contribution in [0.25, 0.3) is 0 Å². The molecular formula is C19H26N4O4. The van der Waals surface area contributed by atoms with Crippen molar-refractivity contribution in [2.24, 2.45) is 5.73 Å². The van der Waals surface area contributed by atoms with Gasteiger partial charge in [-0.25, -0.2) is 0 Å². The number of rotatable bonds is 6. The Kier molecular flexibility index (Phi) is 6.41. The Balaban J connectivity index is 1.37. The van der Waals surface area contributed by atoms with Crippen LogP contribution in [0, 0.1) is 0 Å². The van der Waals surface area contributed by atoms with Crippen molar-refractivity contribution in [3.8, 4) is 0 Å². The van der Waals surface area contributed by atoms with Crippen molar-refractivity contribution < 1.29 is 19.1 Å². The van der Waals surface area contributed by atoms with Crippen LogP contribution in [0.15, 0.2) is 24.3 Å². The molecule has 0 unspecified atom stereocenters. The topological polar surface area (TPSA) is 105 Å². The van der Waals surface area contributed by atoms with E-state index in [-0.39, 0.29) is 17.9 Å². The summed E-state index contributed by atoms with van der Waals surface area (Å²) in [7, 11) is 0. The van der Waals surface area contributed by atoms with Crippen LogP contribution in [-0.2, 0) is 14.3 Å². The van der Waals surface area contributed by atoms with Crippen LogP contribution in [0.4, 0.5) is 5.69 Å². The first kappa shape index (κ1) is 19.3. The highest BCUT2D eigenvalue weighted by molar-refractivity contribution is 5.94. The van der Waals surface area contributed by atoms with Crippen LogP contribution in [0.2, 0.25) is 0 Å². The van der Waals surface area contributed by atoms with Gasteiger partial charge in [-0.3, -0.25) is 19.3 Å². The van der Waals surface area contributed by atoms with Crippen molar-refractivity contribution in [2.45, 2.75) is 25.4 Å². The van der Waals surface area contributed by atoms with Crippen LogP contribution >= 0.6 is 0 Å². The molecule has 0 aromatic heterocycles. The summed E-state index contributed by atoms with van der Waals surface area (Å²) in [6.07, 6.45) is 1.89. The lowest BCUT2D eigenvalue weighted by Crippen LogP contribution is -2.51. The standard InChI is InChI=1S/C19H26N4O4/c20-18(25)14-3-5-15(6-4-14)21-17(24)7-8-22-9-11-23(12-10-22)19(26)16-2-1-13-27-16/h3-6,16H,1-2,7-13H2,(H2,20,25)(H,21,24)/t16-/m0/s1. The zero-order valence-electron chi connectivity index (χ0n) is 15.4. The highest BCUT2D eigenvalue weighted by atomic mass is 16.5. The summed E-state index contributed by atoms with van der Waals surface area (Å²) < 4.78 is 5.47. The average Bonchev–Trinajstić information content (AvgIpc) is 3.21. The van der Waals surface area contributed by atoms with E-state index in [0.717, 1.165) is 25.9 Å². The van der Waals surface area contributed by atoms with Gasteiger partial charge in [-0.2, -0.15) is 0 Å². The van der Waals surface area contributed by atoms with Gasteiger partial charge in [-0.1, -0.05) is 0 Å².